The maximum absolute atomic E-state index is 2.60. The molecule has 0 aromatic heterocycles. The van der Waals surface area contributed by atoms with E-state index in [-0.39, 0.29) is 16.2 Å². The molecule has 66 heavy (non-hydrogen) atoms. The Morgan fingerprint density at radius 2 is 0.818 bits per heavy atom. The Bertz CT molecular complexity index is 3200. The zero-order chi connectivity index (χ0) is 45.3. The Balaban J connectivity index is 1.15. The van der Waals surface area contributed by atoms with Gasteiger partial charge in [0.25, 0.3) is 0 Å². The maximum Gasteiger partial charge on any atom is 0.0726 e. The average Bonchev–Trinajstić information content (AvgIpc) is 4.08. The fourth-order valence-electron chi connectivity index (χ4n) is 12.7. The second kappa shape index (κ2) is 14.5. The van der Waals surface area contributed by atoms with Gasteiger partial charge in [0, 0.05) is 22.4 Å². The Labute approximate surface area is 393 Å². The Morgan fingerprint density at radius 3 is 1.41 bits per heavy atom. The minimum absolute atomic E-state index is 0.0132. The third-order valence-corrected chi connectivity index (χ3v) is 16.2. The second-order valence-corrected chi connectivity index (χ2v) is 22.4. The van der Waals surface area contributed by atoms with Gasteiger partial charge in [0.15, 0.2) is 0 Å². The van der Waals surface area contributed by atoms with E-state index in [0.29, 0.717) is 5.92 Å². The van der Waals surface area contributed by atoms with Gasteiger partial charge in [-0.1, -0.05) is 208 Å². The molecule has 0 heterocycles. The Morgan fingerprint density at radius 1 is 0.394 bits per heavy atom. The van der Waals surface area contributed by atoms with Crippen molar-refractivity contribution in [1.82, 2.24) is 0 Å². The van der Waals surface area contributed by atoms with Crippen molar-refractivity contribution in [2.45, 2.75) is 109 Å². The largest absolute Gasteiger partial charge is 0.310 e. The Kier molecular flexibility index (Phi) is 9.03. The summed E-state index contributed by atoms with van der Waals surface area (Å²) in [4.78, 5) is 2.60. The lowest BCUT2D eigenvalue weighted by molar-refractivity contribution is 0.586. The monoisotopic (exact) mass is 855 g/mol. The van der Waals surface area contributed by atoms with Crippen molar-refractivity contribution in [3.63, 3.8) is 0 Å². The van der Waals surface area contributed by atoms with Crippen LogP contribution >= 0.6 is 0 Å². The highest BCUT2D eigenvalue weighted by Gasteiger charge is 2.52. The van der Waals surface area contributed by atoms with Crippen LogP contribution in [0, 0.1) is 0 Å². The fourth-order valence-corrected chi connectivity index (χ4v) is 12.7. The summed E-state index contributed by atoms with van der Waals surface area (Å²) in [6.45, 7) is 18.9. The highest BCUT2D eigenvalue weighted by molar-refractivity contribution is 5.98. The summed E-state index contributed by atoms with van der Waals surface area (Å²) in [6, 6.07) is 66.3. The summed E-state index contributed by atoms with van der Waals surface area (Å²) < 4.78 is 0. The smallest absolute Gasteiger partial charge is 0.0726 e. The summed E-state index contributed by atoms with van der Waals surface area (Å²) in [6.07, 6.45) is 5.13. The van der Waals surface area contributed by atoms with E-state index in [4.69, 9.17) is 0 Å². The van der Waals surface area contributed by atoms with Gasteiger partial charge in [0.05, 0.1) is 11.1 Å². The zero-order valence-corrected chi connectivity index (χ0v) is 40.0. The second-order valence-electron chi connectivity index (χ2n) is 22.4. The van der Waals surface area contributed by atoms with Crippen LogP contribution < -0.4 is 4.90 Å². The average molecular weight is 856 g/mol. The topological polar surface area (TPSA) is 3.24 Å². The van der Waals surface area contributed by atoms with E-state index in [9.17, 15) is 0 Å². The molecule has 0 radical (unpaired) electrons. The molecule has 1 saturated carbocycles. The number of hydrogen-bond donors (Lipinski definition) is 0. The number of nitrogens with zero attached hydrogens (tertiary/aromatic N) is 1. The first-order chi connectivity index (χ1) is 31.8. The molecule has 8 aromatic rings. The predicted octanol–water partition coefficient (Wildman–Crippen LogP) is 17.7. The molecule has 0 aliphatic heterocycles. The van der Waals surface area contributed by atoms with Gasteiger partial charge >= 0.3 is 0 Å². The summed E-state index contributed by atoms with van der Waals surface area (Å²) in [7, 11) is 0. The minimum atomic E-state index is -0.503. The van der Waals surface area contributed by atoms with E-state index in [2.05, 4.69) is 230 Å². The molecule has 1 nitrogen and oxygen atoms in total. The van der Waals surface area contributed by atoms with Crippen molar-refractivity contribution in [2.75, 3.05) is 4.90 Å². The van der Waals surface area contributed by atoms with Crippen LogP contribution in [0.1, 0.15) is 137 Å². The molecule has 0 N–H and O–H groups in total. The summed E-state index contributed by atoms with van der Waals surface area (Å²) in [5, 5.41) is 0. The number of anilines is 3. The van der Waals surface area contributed by atoms with Gasteiger partial charge in [-0.3, -0.25) is 0 Å². The predicted molar refractivity (Wildman–Crippen MR) is 279 cm³/mol. The Hall–Kier alpha value is -6.44. The highest BCUT2D eigenvalue weighted by Crippen LogP contribution is 2.64. The van der Waals surface area contributed by atoms with Crippen LogP contribution in [0.2, 0.25) is 0 Å². The molecule has 1 heteroatoms. The van der Waals surface area contributed by atoms with Crippen LogP contribution in [0.25, 0.3) is 44.5 Å². The lowest BCUT2D eigenvalue weighted by Gasteiger charge is -2.34. The summed E-state index contributed by atoms with van der Waals surface area (Å²) >= 11 is 0. The van der Waals surface area contributed by atoms with E-state index in [1.807, 2.05) is 0 Å². The van der Waals surface area contributed by atoms with Gasteiger partial charge < -0.3 is 4.90 Å². The number of rotatable bonds is 5. The van der Waals surface area contributed by atoms with Crippen LogP contribution in [0.4, 0.5) is 17.1 Å². The molecule has 0 unspecified atom stereocenters. The van der Waals surface area contributed by atoms with Crippen molar-refractivity contribution in [3.05, 3.63) is 220 Å². The van der Waals surface area contributed by atoms with Gasteiger partial charge in [0.1, 0.15) is 0 Å². The third kappa shape index (κ3) is 5.91. The fraction of sp³-hybridized carbons (Fsp3) is 0.262. The number of fused-ring (bicyclic) bond motifs is 13. The van der Waals surface area contributed by atoms with E-state index in [1.165, 1.54) is 137 Å². The van der Waals surface area contributed by atoms with Crippen molar-refractivity contribution in [2.24, 2.45) is 0 Å². The van der Waals surface area contributed by atoms with Crippen molar-refractivity contribution < 1.29 is 0 Å². The van der Waals surface area contributed by atoms with Gasteiger partial charge in [-0.05, 0) is 149 Å². The van der Waals surface area contributed by atoms with Gasteiger partial charge in [0.2, 0.25) is 0 Å². The van der Waals surface area contributed by atoms with Crippen molar-refractivity contribution in [1.29, 1.82) is 0 Å². The molecular formula is C65H61N. The lowest BCUT2D eigenvalue weighted by Crippen LogP contribution is -2.27. The van der Waals surface area contributed by atoms with Crippen LogP contribution in [-0.2, 0) is 21.7 Å². The minimum Gasteiger partial charge on any atom is -0.310 e. The molecule has 0 atom stereocenters. The zero-order valence-electron chi connectivity index (χ0n) is 40.0. The molecule has 8 aromatic carbocycles. The molecule has 1 spiro atoms. The quantitative estimate of drug-likeness (QED) is 0.167. The third-order valence-electron chi connectivity index (χ3n) is 16.2. The van der Waals surface area contributed by atoms with Crippen LogP contribution in [0.5, 0.6) is 0 Å². The van der Waals surface area contributed by atoms with Crippen LogP contribution in [-0.4, -0.2) is 0 Å². The normalized spacial score (nSPS) is 16.1. The van der Waals surface area contributed by atoms with Gasteiger partial charge in [-0.15, -0.1) is 0 Å². The number of para-hydroxylation sites is 1. The first-order valence-corrected chi connectivity index (χ1v) is 24.5. The molecular weight excluding hydrogens is 795 g/mol. The van der Waals surface area contributed by atoms with Crippen LogP contribution in [0.15, 0.2) is 170 Å². The lowest BCUT2D eigenvalue weighted by atomic mass is 9.68. The molecule has 4 aliphatic carbocycles. The van der Waals surface area contributed by atoms with Crippen molar-refractivity contribution in [3.8, 4) is 44.5 Å². The standard InChI is InChI=1S/C65H61N/c1-62(2,3)42-29-33-51-52-34-30-43(63(4,5)6)38-59(52)65(58(51)37-42)56-27-17-14-24-49(56)53-36-32-45(40-60(53)65)66(44-31-35-50-48-23-13-16-26-55(48)64(7,8)57(50)39-44)61-28-18-15-25-54(61)47-22-12-11-21-46(47)41-19-9-10-20-41/h11-18,21-41H,9-10,19-20H2,1-8H3. The van der Waals surface area contributed by atoms with Gasteiger partial charge in [-0.25, -0.2) is 0 Å². The highest BCUT2D eigenvalue weighted by atomic mass is 15.1. The molecule has 326 valence electrons. The van der Waals surface area contributed by atoms with Crippen LogP contribution in [0.3, 0.4) is 0 Å². The molecule has 12 rings (SSSR count). The van der Waals surface area contributed by atoms with E-state index >= 15 is 0 Å². The van der Waals surface area contributed by atoms with Crippen molar-refractivity contribution >= 4 is 17.1 Å². The SMILES string of the molecule is CC(C)(C)c1ccc2c(c1)C1(c3ccccc3-c3ccc(N(c4ccc5c(c4)C(C)(C)c4ccccc4-5)c4ccccc4-c4ccccc4C4CCCC4)cc31)c1cc(C(C)(C)C)ccc1-2. The maximum atomic E-state index is 2.60. The molecule has 0 bridgehead atoms. The first kappa shape index (κ1) is 41.0. The molecule has 1 fully saturated rings. The van der Waals surface area contributed by atoms with E-state index in [0.717, 1.165) is 0 Å². The first-order valence-electron chi connectivity index (χ1n) is 24.5. The van der Waals surface area contributed by atoms with E-state index < -0.39 is 5.41 Å². The summed E-state index contributed by atoms with van der Waals surface area (Å²) in [5.74, 6) is 0.582. The number of hydrogen-bond acceptors (Lipinski definition) is 1. The molecule has 0 saturated heterocycles. The summed E-state index contributed by atoms with van der Waals surface area (Å²) in [5.41, 5.74) is 26.1. The number of benzene rings is 8. The van der Waals surface area contributed by atoms with E-state index in [1.54, 1.807) is 0 Å². The molecule has 4 aliphatic rings. The van der Waals surface area contributed by atoms with Gasteiger partial charge in [-0.2, -0.15) is 0 Å². The molecule has 0 amide bonds.